The molecular formula is C11H8Cl2FN3O3S. The number of benzene rings is 1. The predicted octanol–water partition coefficient (Wildman–Crippen LogP) is 2.39. The molecule has 1 amide bonds. The molecule has 21 heavy (non-hydrogen) atoms. The Morgan fingerprint density at radius 3 is 2.52 bits per heavy atom. The molecular weight excluding hydrogens is 344 g/mol. The van der Waals surface area contributed by atoms with Crippen molar-refractivity contribution in [2.75, 3.05) is 11.6 Å². The number of carbonyl (C=O) groups excluding carboxylic acids is 1. The standard InChI is InChI=1S/C11H8Cl2FN3O3S/c1-21(19,20)17-10(14)5-9(16-17)11(18)15-8-3-2-6(12)4-7(8)13/h2-5H,1H3,(H,15,18). The van der Waals surface area contributed by atoms with E-state index in [2.05, 4.69) is 10.4 Å². The van der Waals surface area contributed by atoms with Gasteiger partial charge in [0, 0.05) is 11.1 Å². The van der Waals surface area contributed by atoms with E-state index in [0.29, 0.717) is 11.1 Å². The van der Waals surface area contributed by atoms with E-state index in [1.54, 1.807) is 0 Å². The van der Waals surface area contributed by atoms with Crippen LogP contribution < -0.4 is 5.32 Å². The molecule has 1 N–H and O–H groups in total. The Morgan fingerprint density at radius 1 is 1.33 bits per heavy atom. The molecule has 0 radical (unpaired) electrons. The number of amides is 1. The van der Waals surface area contributed by atoms with E-state index in [1.807, 2.05) is 0 Å². The smallest absolute Gasteiger partial charge is 0.276 e. The molecule has 0 fully saturated rings. The van der Waals surface area contributed by atoms with Gasteiger partial charge in [0.1, 0.15) is 0 Å². The third kappa shape index (κ3) is 3.52. The molecule has 112 valence electrons. The van der Waals surface area contributed by atoms with Crippen LogP contribution in [-0.4, -0.2) is 29.8 Å². The van der Waals surface area contributed by atoms with Gasteiger partial charge in [-0.1, -0.05) is 23.2 Å². The van der Waals surface area contributed by atoms with Crippen molar-refractivity contribution in [2.24, 2.45) is 0 Å². The fourth-order valence-corrected chi connectivity index (χ4v) is 2.52. The number of anilines is 1. The Labute approximate surface area is 129 Å². The van der Waals surface area contributed by atoms with Gasteiger partial charge >= 0.3 is 0 Å². The molecule has 0 aliphatic rings. The highest BCUT2D eigenvalue weighted by Crippen LogP contribution is 2.25. The highest BCUT2D eigenvalue weighted by atomic mass is 35.5. The summed E-state index contributed by atoms with van der Waals surface area (Å²) in [7, 11) is -3.93. The van der Waals surface area contributed by atoms with Crippen LogP contribution in [0.3, 0.4) is 0 Å². The third-order valence-electron chi connectivity index (χ3n) is 2.36. The lowest BCUT2D eigenvalue weighted by molar-refractivity contribution is 0.102. The van der Waals surface area contributed by atoms with Crippen LogP contribution in [0.2, 0.25) is 10.0 Å². The normalized spacial score (nSPS) is 11.4. The van der Waals surface area contributed by atoms with Gasteiger partial charge in [-0.25, -0.2) is 8.42 Å². The molecule has 10 heteroatoms. The Hall–Kier alpha value is -1.64. The van der Waals surface area contributed by atoms with Crippen molar-refractivity contribution < 1.29 is 17.6 Å². The molecule has 0 saturated carbocycles. The van der Waals surface area contributed by atoms with Crippen molar-refractivity contribution in [1.29, 1.82) is 0 Å². The Bertz CT molecular complexity index is 820. The lowest BCUT2D eigenvalue weighted by Gasteiger charge is -2.05. The van der Waals surface area contributed by atoms with Crippen LogP contribution in [0.5, 0.6) is 0 Å². The summed E-state index contributed by atoms with van der Waals surface area (Å²) in [6.07, 6.45) is 0.765. The monoisotopic (exact) mass is 351 g/mol. The van der Waals surface area contributed by atoms with Gasteiger partial charge in [-0.05, 0) is 18.2 Å². The molecule has 0 unspecified atom stereocenters. The van der Waals surface area contributed by atoms with Crippen LogP contribution in [-0.2, 0) is 10.0 Å². The van der Waals surface area contributed by atoms with Gasteiger partial charge < -0.3 is 5.32 Å². The summed E-state index contributed by atoms with van der Waals surface area (Å²) in [5, 5.41) is 6.34. The summed E-state index contributed by atoms with van der Waals surface area (Å²) in [6.45, 7) is 0. The average molecular weight is 352 g/mol. The second-order valence-corrected chi connectivity index (χ2v) is 6.69. The second kappa shape index (κ2) is 5.63. The van der Waals surface area contributed by atoms with Gasteiger partial charge in [0.05, 0.1) is 17.0 Å². The minimum absolute atomic E-state index is 0.130. The lowest BCUT2D eigenvalue weighted by atomic mass is 10.3. The maximum atomic E-state index is 13.4. The number of nitrogens with zero attached hydrogens (tertiary/aromatic N) is 2. The fourth-order valence-electron chi connectivity index (χ4n) is 1.46. The second-order valence-electron chi connectivity index (χ2n) is 4.04. The molecule has 1 heterocycles. The van der Waals surface area contributed by atoms with Crippen molar-refractivity contribution in [3.05, 3.63) is 46.0 Å². The summed E-state index contributed by atoms with van der Waals surface area (Å²) in [4.78, 5) is 11.9. The SMILES string of the molecule is CS(=O)(=O)n1nc(C(=O)Nc2ccc(Cl)cc2Cl)cc1F. The Balaban J connectivity index is 2.29. The maximum Gasteiger partial charge on any atom is 0.276 e. The van der Waals surface area contributed by atoms with Crippen LogP contribution in [0.1, 0.15) is 10.5 Å². The van der Waals surface area contributed by atoms with Gasteiger partial charge in [-0.3, -0.25) is 4.79 Å². The van der Waals surface area contributed by atoms with Crippen LogP contribution in [0, 0.1) is 5.95 Å². The average Bonchev–Trinajstić information content (AvgIpc) is 2.75. The van der Waals surface area contributed by atoms with Gasteiger partial charge in [-0.15, -0.1) is 9.19 Å². The molecule has 1 aromatic heterocycles. The van der Waals surface area contributed by atoms with Crippen LogP contribution in [0.4, 0.5) is 10.1 Å². The first-order valence-electron chi connectivity index (χ1n) is 5.41. The molecule has 0 aliphatic carbocycles. The van der Waals surface area contributed by atoms with Crippen molar-refractivity contribution in [2.45, 2.75) is 0 Å². The number of hydrogen-bond acceptors (Lipinski definition) is 4. The van der Waals surface area contributed by atoms with Gasteiger partial charge in [-0.2, -0.15) is 4.39 Å². The number of rotatable bonds is 3. The largest absolute Gasteiger partial charge is 0.319 e. The molecule has 0 bridgehead atoms. The van der Waals surface area contributed by atoms with Crippen molar-refractivity contribution in [3.8, 4) is 0 Å². The first-order valence-corrected chi connectivity index (χ1v) is 8.01. The van der Waals surface area contributed by atoms with Gasteiger partial charge in [0.25, 0.3) is 15.9 Å². The van der Waals surface area contributed by atoms with E-state index in [-0.39, 0.29) is 14.8 Å². The first-order chi connectivity index (χ1) is 9.68. The zero-order chi connectivity index (χ0) is 15.8. The van der Waals surface area contributed by atoms with Crippen LogP contribution in [0.15, 0.2) is 24.3 Å². The molecule has 1 aromatic carbocycles. The Morgan fingerprint density at radius 2 is 2.00 bits per heavy atom. The topological polar surface area (TPSA) is 81.1 Å². The maximum absolute atomic E-state index is 13.4. The summed E-state index contributed by atoms with van der Waals surface area (Å²) < 4.78 is 36.0. The molecule has 2 aromatic rings. The number of nitrogens with one attached hydrogen (secondary N) is 1. The number of halogens is 3. The Kier molecular flexibility index (Phi) is 4.22. The highest BCUT2D eigenvalue weighted by Gasteiger charge is 2.20. The fraction of sp³-hybridized carbons (Fsp3) is 0.0909. The van der Waals surface area contributed by atoms with E-state index in [4.69, 9.17) is 23.2 Å². The van der Waals surface area contributed by atoms with Gasteiger partial charge in [0.2, 0.25) is 5.95 Å². The van der Waals surface area contributed by atoms with Crippen molar-refractivity contribution >= 4 is 44.8 Å². The van der Waals surface area contributed by atoms with Crippen LogP contribution >= 0.6 is 23.2 Å². The van der Waals surface area contributed by atoms with Crippen LogP contribution in [0.25, 0.3) is 0 Å². The molecule has 2 rings (SSSR count). The molecule has 0 atom stereocenters. The van der Waals surface area contributed by atoms with E-state index in [0.717, 1.165) is 6.26 Å². The predicted molar refractivity (Wildman–Crippen MR) is 76.8 cm³/mol. The van der Waals surface area contributed by atoms with Gasteiger partial charge in [0.15, 0.2) is 5.69 Å². The molecule has 0 saturated heterocycles. The molecule has 6 nitrogen and oxygen atoms in total. The minimum Gasteiger partial charge on any atom is -0.319 e. The lowest BCUT2D eigenvalue weighted by Crippen LogP contribution is -2.17. The first kappa shape index (κ1) is 15.7. The molecule has 0 spiro atoms. The van der Waals surface area contributed by atoms with Crippen molar-refractivity contribution in [3.63, 3.8) is 0 Å². The third-order valence-corrected chi connectivity index (χ3v) is 3.80. The molecule has 0 aliphatic heterocycles. The van der Waals surface area contributed by atoms with E-state index >= 15 is 0 Å². The summed E-state index contributed by atoms with van der Waals surface area (Å²) in [6, 6.07) is 5.07. The number of aromatic nitrogens is 2. The van der Waals surface area contributed by atoms with E-state index in [1.165, 1.54) is 18.2 Å². The summed E-state index contributed by atoms with van der Waals surface area (Å²) >= 11 is 11.6. The quantitative estimate of drug-likeness (QED) is 0.920. The van der Waals surface area contributed by atoms with E-state index in [9.17, 15) is 17.6 Å². The zero-order valence-electron chi connectivity index (χ0n) is 10.5. The number of hydrogen-bond donors (Lipinski definition) is 1. The van der Waals surface area contributed by atoms with Crippen molar-refractivity contribution in [1.82, 2.24) is 9.19 Å². The summed E-state index contributed by atoms with van der Waals surface area (Å²) in [5.41, 5.74) is -0.163. The summed E-state index contributed by atoms with van der Waals surface area (Å²) in [5.74, 6) is -1.97. The van der Waals surface area contributed by atoms with E-state index < -0.39 is 27.6 Å². The zero-order valence-corrected chi connectivity index (χ0v) is 12.8. The number of carbonyl (C=O) groups is 1. The highest BCUT2D eigenvalue weighted by molar-refractivity contribution is 7.89. The minimum atomic E-state index is -3.93.